The minimum atomic E-state index is -3.92. The van der Waals surface area contributed by atoms with Gasteiger partial charge in [-0.3, -0.25) is 4.79 Å². The van der Waals surface area contributed by atoms with E-state index in [1.54, 1.807) is 9.80 Å². The average Bonchev–Trinajstić information content (AvgIpc) is 2.82. The number of para-hydroxylation sites is 1. The van der Waals surface area contributed by atoms with Crippen molar-refractivity contribution in [2.45, 2.75) is 44.2 Å². The minimum Gasteiger partial charge on any atom is -0.337 e. The Morgan fingerprint density at radius 1 is 1.09 bits per heavy atom. The molecule has 2 aromatic rings. The highest BCUT2D eigenvalue weighted by molar-refractivity contribution is 7.89. The van der Waals surface area contributed by atoms with Gasteiger partial charge >= 0.3 is 6.03 Å². The number of amides is 3. The van der Waals surface area contributed by atoms with Crippen molar-refractivity contribution < 1.29 is 18.0 Å². The number of halogens is 1. The first kappa shape index (κ1) is 26.0. The van der Waals surface area contributed by atoms with Crippen molar-refractivity contribution in [2.75, 3.05) is 25.0 Å². The fraction of sp³-hybridized carbons (Fsp3) is 0.417. The molecule has 0 aromatic heterocycles. The monoisotopic (exact) mass is 506 g/mol. The van der Waals surface area contributed by atoms with Crippen LogP contribution in [-0.4, -0.2) is 61.9 Å². The third-order valence-corrected chi connectivity index (χ3v) is 7.82. The Morgan fingerprint density at radius 2 is 1.74 bits per heavy atom. The van der Waals surface area contributed by atoms with Crippen LogP contribution < -0.4 is 10.0 Å². The van der Waals surface area contributed by atoms with Crippen LogP contribution in [-0.2, 0) is 14.8 Å². The van der Waals surface area contributed by atoms with Gasteiger partial charge in [-0.2, -0.15) is 4.72 Å². The van der Waals surface area contributed by atoms with Crippen LogP contribution in [0.2, 0.25) is 5.02 Å². The van der Waals surface area contributed by atoms with Crippen LogP contribution in [0.1, 0.15) is 27.2 Å². The number of carbonyl (C=O) groups excluding carboxylic acids is 2. The normalized spacial score (nSPS) is 18.3. The van der Waals surface area contributed by atoms with E-state index in [4.69, 9.17) is 11.6 Å². The van der Waals surface area contributed by atoms with Gasteiger partial charge in [0, 0.05) is 36.4 Å². The zero-order valence-corrected chi connectivity index (χ0v) is 21.1. The number of hydrogen-bond acceptors (Lipinski definition) is 4. The van der Waals surface area contributed by atoms with Crippen LogP contribution in [0.5, 0.6) is 0 Å². The second kappa shape index (κ2) is 11.2. The van der Waals surface area contributed by atoms with Crippen LogP contribution in [0.15, 0.2) is 59.5 Å². The number of nitrogens with one attached hydrogen (secondary N) is 2. The van der Waals surface area contributed by atoms with E-state index in [1.165, 1.54) is 24.3 Å². The van der Waals surface area contributed by atoms with Gasteiger partial charge in [0.2, 0.25) is 15.9 Å². The first-order valence-corrected chi connectivity index (χ1v) is 13.2. The van der Waals surface area contributed by atoms with Crippen molar-refractivity contribution in [3.8, 4) is 0 Å². The number of hydrogen-bond donors (Lipinski definition) is 2. The first-order valence-electron chi connectivity index (χ1n) is 11.3. The van der Waals surface area contributed by atoms with Gasteiger partial charge < -0.3 is 15.1 Å². The van der Waals surface area contributed by atoms with Gasteiger partial charge in [0.25, 0.3) is 0 Å². The molecular formula is C24H31ClN4O4S. The van der Waals surface area contributed by atoms with Gasteiger partial charge in [-0.15, -0.1) is 0 Å². The summed E-state index contributed by atoms with van der Waals surface area (Å²) >= 11 is 5.88. The molecular weight excluding hydrogens is 476 g/mol. The van der Waals surface area contributed by atoms with E-state index in [-0.39, 0.29) is 28.8 Å². The summed E-state index contributed by atoms with van der Waals surface area (Å²) in [6, 6.07) is 13.6. The number of rotatable bonds is 7. The highest BCUT2D eigenvalue weighted by Crippen LogP contribution is 2.20. The smallest absolute Gasteiger partial charge is 0.322 e. The number of urea groups is 1. The molecule has 3 rings (SSSR count). The van der Waals surface area contributed by atoms with E-state index in [0.29, 0.717) is 36.8 Å². The van der Waals surface area contributed by atoms with E-state index >= 15 is 0 Å². The summed E-state index contributed by atoms with van der Waals surface area (Å²) in [4.78, 5) is 29.5. The van der Waals surface area contributed by atoms with Crippen LogP contribution in [0.3, 0.4) is 0 Å². The van der Waals surface area contributed by atoms with E-state index in [9.17, 15) is 18.0 Å². The molecule has 8 nitrogen and oxygen atoms in total. The Kier molecular flexibility index (Phi) is 8.57. The zero-order chi connectivity index (χ0) is 24.9. The topological polar surface area (TPSA) is 98.8 Å². The van der Waals surface area contributed by atoms with Crippen LogP contribution in [0.4, 0.5) is 10.5 Å². The van der Waals surface area contributed by atoms with Gasteiger partial charge in [0.15, 0.2) is 0 Å². The van der Waals surface area contributed by atoms with Gasteiger partial charge in [-0.05, 0) is 49.2 Å². The van der Waals surface area contributed by atoms with Crippen molar-refractivity contribution in [2.24, 2.45) is 5.92 Å². The third-order valence-electron chi connectivity index (χ3n) is 6.11. The summed E-state index contributed by atoms with van der Waals surface area (Å²) in [6.07, 6.45) is 0.620. The fourth-order valence-corrected chi connectivity index (χ4v) is 5.29. The number of nitrogens with zero attached hydrogens (tertiary/aromatic N) is 2. The lowest BCUT2D eigenvalue weighted by atomic mass is 9.98. The van der Waals surface area contributed by atoms with E-state index in [0.717, 1.165) is 0 Å². The molecule has 1 aliphatic heterocycles. The van der Waals surface area contributed by atoms with Crippen molar-refractivity contribution in [3.63, 3.8) is 0 Å². The molecule has 3 unspecified atom stereocenters. The lowest BCUT2D eigenvalue weighted by molar-refractivity contribution is -0.136. The molecule has 0 aliphatic carbocycles. The van der Waals surface area contributed by atoms with Crippen molar-refractivity contribution in [3.05, 3.63) is 59.6 Å². The molecule has 0 spiro atoms. The van der Waals surface area contributed by atoms with Crippen LogP contribution in [0, 0.1) is 5.92 Å². The van der Waals surface area contributed by atoms with Gasteiger partial charge in [0.05, 0.1) is 4.90 Å². The number of anilines is 1. The number of piperazine rings is 1. The summed E-state index contributed by atoms with van der Waals surface area (Å²) in [7, 11) is -3.92. The lowest BCUT2D eigenvalue weighted by Gasteiger charge is -2.41. The number of sulfonamides is 1. The quantitative estimate of drug-likeness (QED) is 0.596. The molecule has 0 radical (unpaired) electrons. The highest BCUT2D eigenvalue weighted by atomic mass is 35.5. The van der Waals surface area contributed by atoms with Crippen LogP contribution in [0.25, 0.3) is 0 Å². The Balaban J connectivity index is 1.69. The molecule has 34 heavy (non-hydrogen) atoms. The molecule has 1 heterocycles. The minimum absolute atomic E-state index is 0.0498. The molecule has 0 bridgehead atoms. The summed E-state index contributed by atoms with van der Waals surface area (Å²) in [5.41, 5.74) is 0.701. The Bertz CT molecular complexity index is 1100. The Hall–Kier alpha value is -2.62. The maximum absolute atomic E-state index is 13.4. The standard InChI is InChI=1S/C24H31ClN4O4S/c1-4-17(2)22(27-34(32,33)21-12-10-19(25)11-13-21)23(30)28-14-15-29(18(3)16-28)24(31)26-20-8-6-5-7-9-20/h5-13,17-18,22,27H,4,14-16H2,1-3H3,(H,26,31). The predicted molar refractivity (Wildman–Crippen MR) is 133 cm³/mol. The van der Waals surface area contributed by atoms with Crippen molar-refractivity contribution in [1.82, 2.24) is 14.5 Å². The molecule has 0 saturated carbocycles. The van der Waals surface area contributed by atoms with Gasteiger partial charge in [-0.25, -0.2) is 13.2 Å². The number of carbonyl (C=O) groups is 2. The second-order valence-corrected chi connectivity index (χ2v) is 10.7. The molecule has 10 heteroatoms. The van der Waals surface area contributed by atoms with Crippen molar-refractivity contribution >= 4 is 39.2 Å². The van der Waals surface area contributed by atoms with Crippen LogP contribution >= 0.6 is 11.6 Å². The maximum Gasteiger partial charge on any atom is 0.322 e. The summed E-state index contributed by atoms with van der Waals surface area (Å²) in [5, 5.41) is 3.30. The molecule has 2 N–H and O–H groups in total. The molecule has 2 aromatic carbocycles. The molecule has 1 saturated heterocycles. The fourth-order valence-electron chi connectivity index (χ4n) is 3.87. The first-order chi connectivity index (χ1) is 16.1. The Morgan fingerprint density at radius 3 is 2.32 bits per heavy atom. The summed E-state index contributed by atoms with van der Waals surface area (Å²) in [5.74, 6) is -0.508. The van der Waals surface area contributed by atoms with Gasteiger partial charge in [0.1, 0.15) is 6.04 Å². The largest absolute Gasteiger partial charge is 0.337 e. The predicted octanol–water partition coefficient (Wildman–Crippen LogP) is 3.80. The molecule has 3 amide bonds. The Labute approximate surface area is 206 Å². The third kappa shape index (κ3) is 6.28. The summed E-state index contributed by atoms with van der Waals surface area (Å²) < 4.78 is 28.5. The zero-order valence-electron chi connectivity index (χ0n) is 19.6. The molecule has 3 atom stereocenters. The average molecular weight is 507 g/mol. The molecule has 184 valence electrons. The molecule has 1 fully saturated rings. The van der Waals surface area contributed by atoms with Crippen molar-refractivity contribution in [1.29, 1.82) is 0 Å². The maximum atomic E-state index is 13.4. The number of benzene rings is 2. The van der Waals surface area contributed by atoms with E-state index < -0.39 is 16.1 Å². The van der Waals surface area contributed by atoms with E-state index in [2.05, 4.69) is 10.0 Å². The van der Waals surface area contributed by atoms with Gasteiger partial charge in [-0.1, -0.05) is 50.1 Å². The van der Waals surface area contributed by atoms with E-state index in [1.807, 2.05) is 51.1 Å². The highest BCUT2D eigenvalue weighted by Gasteiger charge is 2.36. The lowest BCUT2D eigenvalue weighted by Crippen LogP contribution is -2.60. The second-order valence-electron chi connectivity index (χ2n) is 8.56. The summed E-state index contributed by atoms with van der Waals surface area (Å²) in [6.45, 7) is 6.62. The SMILES string of the molecule is CCC(C)C(NS(=O)(=O)c1ccc(Cl)cc1)C(=O)N1CCN(C(=O)Nc2ccccc2)C(C)C1. The molecule has 1 aliphatic rings.